The van der Waals surface area contributed by atoms with E-state index in [0.717, 1.165) is 6.07 Å². The Labute approximate surface area is 140 Å². The molecular weight excluding hydrogens is 404 g/mol. The van der Waals surface area contributed by atoms with Gasteiger partial charge < -0.3 is 0 Å². The molecule has 3 nitrogen and oxygen atoms in total. The summed E-state index contributed by atoms with van der Waals surface area (Å²) in [7, 11) is -4.11. The highest BCUT2D eigenvalue weighted by Crippen LogP contribution is 2.34. The van der Waals surface area contributed by atoms with Gasteiger partial charge in [-0.3, -0.25) is 4.72 Å². The van der Waals surface area contributed by atoms with Gasteiger partial charge in [0.1, 0.15) is 10.7 Å². The second-order valence-corrected chi connectivity index (χ2v) is 7.59. The van der Waals surface area contributed by atoms with Crippen LogP contribution in [0.3, 0.4) is 0 Å². The molecule has 0 aliphatic heterocycles. The van der Waals surface area contributed by atoms with Crippen molar-refractivity contribution in [2.24, 2.45) is 0 Å². The van der Waals surface area contributed by atoms with Gasteiger partial charge in [0.15, 0.2) is 0 Å². The molecule has 0 radical (unpaired) electrons. The van der Waals surface area contributed by atoms with Crippen LogP contribution in [0.1, 0.15) is 5.56 Å². The summed E-state index contributed by atoms with van der Waals surface area (Å²) in [6.07, 6.45) is 0. The molecule has 1 N–H and O–H groups in total. The minimum absolute atomic E-state index is 0.0594. The number of nitrogens with one attached hydrogen (secondary N) is 1. The summed E-state index contributed by atoms with van der Waals surface area (Å²) in [5.41, 5.74) is 0.315. The van der Waals surface area contributed by atoms with Crippen molar-refractivity contribution in [2.45, 2.75) is 11.8 Å². The highest BCUT2D eigenvalue weighted by Gasteiger charge is 2.24. The van der Waals surface area contributed by atoms with Gasteiger partial charge in [-0.15, -0.1) is 0 Å². The number of sulfonamides is 1. The third-order valence-electron chi connectivity index (χ3n) is 2.69. The Morgan fingerprint density at radius 1 is 1.19 bits per heavy atom. The molecule has 2 aromatic rings. The van der Waals surface area contributed by atoms with E-state index in [4.69, 9.17) is 23.2 Å². The van der Waals surface area contributed by atoms with Crippen LogP contribution in [0.2, 0.25) is 10.0 Å². The first-order valence-electron chi connectivity index (χ1n) is 5.65. The van der Waals surface area contributed by atoms with Crippen LogP contribution in [-0.2, 0) is 10.0 Å². The highest BCUT2D eigenvalue weighted by atomic mass is 79.9. The van der Waals surface area contributed by atoms with Crippen LogP contribution in [0.15, 0.2) is 39.7 Å². The lowest BCUT2D eigenvalue weighted by molar-refractivity contribution is 0.598. The Hall–Kier alpha value is -0.820. The van der Waals surface area contributed by atoms with Crippen molar-refractivity contribution in [1.82, 2.24) is 0 Å². The summed E-state index contributed by atoms with van der Waals surface area (Å²) in [5, 5.41) is -0.119. The molecule has 0 heterocycles. The van der Waals surface area contributed by atoms with Crippen LogP contribution in [0, 0.1) is 12.7 Å². The quantitative estimate of drug-likeness (QED) is 0.770. The molecule has 2 aromatic carbocycles. The van der Waals surface area contributed by atoms with Gasteiger partial charge in [0.2, 0.25) is 0 Å². The molecule has 0 aliphatic rings. The number of halogens is 4. The van der Waals surface area contributed by atoms with Crippen LogP contribution in [0.4, 0.5) is 10.1 Å². The normalized spacial score (nSPS) is 11.5. The Bertz CT molecular complexity index is 769. The molecule has 8 heteroatoms. The van der Waals surface area contributed by atoms with Crippen LogP contribution in [-0.4, -0.2) is 8.42 Å². The topological polar surface area (TPSA) is 46.2 Å². The zero-order valence-corrected chi connectivity index (χ0v) is 14.5. The number of anilines is 1. The zero-order chi connectivity index (χ0) is 15.8. The minimum Gasteiger partial charge on any atom is -0.276 e. The molecule has 21 heavy (non-hydrogen) atoms. The number of para-hydroxylation sites is 1. The summed E-state index contributed by atoms with van der Waals surface area (Å²) in [4.78, 5) is -0.295. The maximum absolute atomic E-state index is 13.8. The van der Waals surface area contributed by atoms with Crippen molar-refractivity contribution in [3.8, 4) is 0 Å². The summed E-state index contributed by atoms with van der Waals surface area (Å²) in [6, 6.07) is 7.04. The average Bonchev–Trinajstić information content (AvgIpc) is 2.32. The molecular formula is C13H9BrCl2FNO2S. The number of hydrogen-bond acceptors (Lipinski definition) is 2. The predicted octanol–water partition coefficient (Wildman–Crippen LogP) is 5.00. The van der Waals surface area contributed by atoms with Crippen LogP contribution in [0.5, 0.6) is 0 Å². The Balaban J connectivity index is 2.54. The molecule has 0 saturated heterocycles. The van der Waals surface area contributed by atoms with Gasteiger partial charge in [-0.25, -0.2) is 12.8 Å². The van der Waals surface area contributed by atoms with Crippen molar-refractivity contribution in [2.75, 3.05) is 4.72 Å². The fourth-order valence-electron chi connectivity index (χ4n) is 1.73. The lowest BCUT2D eigenvalue weighted by Gasteiger charge is -2.13. The number of aryl methyl sites for hydroxylation is 1. The predicted molar refractivity (Wildman–Crippen MR) is 86.1 cm³/mol. The van der Waals surface area contributed by atoms with Crippen molar-refractivity contribution in [1.29, 1.82) is 0 Å². The molecule has 0 atom stereocenters. The van der Waals surface area contributed by atoms with Gasteiger partial charge >= 0.3 is 0 Å². The molecule has 0 spiro atoms. The lowest BCUT2D eigenvalue weighted by Crippen LogP contribution is -2.16. The van der Waals surface area contributed by atoms with Crippen LogP contribution < -0.4 is 4.72 Å². The van der Waals surface area contributed by atoms with Gasteiger partial charge in [-0.2, -0.15) is 0 Å². The first-order valence-corrected chi connectivity index (χ1v) is 8.68. The van der Waals surface area contributed by atoms with E-state index in [1.54, 1.807) is 13.0 Å². The number of hydrogen-bond donors (Lipinski definition) is 1. The van der Waals surface area contributed by atoms with E-state index in [1.807, 2.05) is 0 Å². The van der Waals surface area contributed by atoms with Crippen LogP contribution >= 0.6 is 39.1 Å². The first-order chi connectivity index (χ1) is 9.72. The van der Waals surface area contributed by atoms with E-state index < -0.39 is 15.8 Å². The van der Waals surface area contributed by atoms with E-state index >= 15 is 0 Å². The lowest BCUT2D eigenvalue weighted by atomic mass is 10.2. The van der Waals surface area contributed by atoms with Crippen molar-refractivity contribution in [3.05, 3.63) is 56.2 Å². The third-order valence-corrected chi connectivity index (χ3v) is 5.42. The Morgan fingerprint density at radius 2 is 1.76 bits per heavy atom. The molecule has 0 aliphatic carbocycles. The molecule has 0 aromatic heterocycles. The van der Waals surface area contributed by atoms with E-state index in [-0.39, 0.29) is 20.6 Å². The van der Waals surface area contributed by atoms with Gasteiger partial charge in [0.25, 0.3) is 10.0 Å². The SMILES string of the molecule is Cc1cccc(F)c1NS(=O)(=O)c1c(Cl)cc(Br)cc1Cl. The van der Waals surface area contributed by atoms with Gasteiger partial charge in [0.05, 0.1) is 15.7 Å². The maximum atomic E-state index is 13.8. The molecule has 0 amide bonds. The molecule has 0 saturated carbocycles. The fraction of sp³-hybridized carbons (Fsp3) is 0.0769. The summed E-state index contributed by atoms with van der Waals surface area (Å²) >= 11 is 15.0. The van der Waals surface area contributed by atoms with E-state index in [9.17, 15) is 12.8 Å². The van der Waals surface area contributed by atoms with E-state index in [2.05, 4.69) is 20.7 Å². The second-order valence-electron chi connectivity index (χ2n) is 4.24. The first kappa shape index (κ1) is 16.5. The molecule has 0 bridgehead atoms. The number of rotatable bonds is 3. The smallest absolute Gasteiger partial charge is 0.264 e. The largest absolute Gasteiger partial charge is 0.276 e. The summed E-state index contributed by atoms with van der Waals surface area (Å²) in [6.45, 7) is 1.59. The average molecular weight is 413 g/mol. The number of benzene rings is 2. The van der Waals surface area contributed by atoms with Crippen molar-refractivity contribution in [3.63, 3.8) is 0 Å². The second kappa shape index (κ2) is 6.12. The maximum Gasteiger partial charge on any atom is 0.264 e. The van der Waals surface area contributed by atoms with Gasteiger partial charge in [0, 0.05) is 4.47 Å². The zero-order valence-electron chi connectivity index (χ0n) is 10.6. The monoisotopic (exact) mass is 411 g/mol. The fourth-order valence-corrected chi connectivity index (χ4v) is 4.81. The van der Waals surface area contributed by atoms with E-state index in [0.29, 0.717) is 10.0 Å². The molecule has 112 valence electrons. The molecule has 0 fully saturated rings. The summed E-state index contributed by atoms with van der Waals surface area (Å²) < 4.78 is 41.3. The van der Waals surface area contributed by atoms with Crippen molar-refractivity contribution >= 4 is 54.8 Å². The highest BCUT2D eigenvalue weighted by molar-refractivity contribution is 9.10. The molecule has 0 unspecified atom stereocenters. The Kier molecular flexibility index (Phi) is 4.82. The third kappa shape index (κ3) is 3.51. The molecule has 2 rings (SSSR count). The minimum atomic E-state index is -4.11. The van der Waals surface area contributed by atoms with Gasteiger partial charge in [-0.1, -0.05) is 51.3 Å². The van der Waals surface area contributed by atoms with E-state index in [1.165, 1.54) is 18.2 Å². The van der Waals surface area contributed by atoms with Crippen LogP contribution in [0.25, 0.3) is 0 Å². The van der Waals surface area contributed by atoms with Crippen molar-refractivity contribution < 1.29 is 12.8 Å². The van der Waals surface area contributed by atoms with Gasteiger partial charge in [-0.05, 0) is 30.7 Å². The summed E-state index contributed by atoms with van der Waals surface area (Å²) in [5.74, 6) is -0.678. The Morgan fingerprint density at radius 3 is 2.29 bits per heavy atom. The standard InChI is InChI=1S/C13H9BrCl2FNO2S/c1-7-3-2-4-11(17)12(7)18-21(19,20)13-9(15)5-8(14)6-10(13)16/h2-6,18H,1H3.